The molecule has 0 atom stereocenters. The van der Waals surface area contributed by atoms with E-state index in [0.717, 1.165) is 11.7 Å². The number of hydrogen-bond acceptors (Lipinski definition) is 6. The first kappa shape index (κ1) is 22.4. The first-order valence-electron chi connectivity index (χ1n) is 9.40. The zero-order chi connectivity index (χ0) is 20.6. The molecule has 9 nitrogen and oxygen atoms in total. The largest absolute Gasteiger partial charge is 0.481 e. The summed E-state index contributed by atoms with van der Waals surface area (Å²) >= 11 is 0. The summed E-state index contributed by atoms with van der Waals surface area (Å²) < 4.78 is 36.9. The molecule has 0 unspecified atom stereocenters. The lowest BCUT2D eigenvalue weighted by atomic mass is 10.3. The van der Waals surface area contributed by atoms with Crippen LogP contribution in [0.15, 0.2) is 23.2 Å². The Kier molecular flexibility index (Phi) is 8.46. The van der Waals surface area contributed by atoms with Crippen LogP contribution in [0.2, 0.25) is 0 Å². The van der Waals surface area contributed by atoms with Crippen molar-refractivity contribution < 1.29 is 17.9 Å². The van der Waals surface area contributed by atoms with Crippen LogP contribution in [0.25, 0.3) is 0 Å². The van der Waals surface area contributed by atoms with Gasteiger partial charge in [0.25, 0.3) is 0 Å². The van der Waals surface area contributed by atoms with Crippen molar-refractivity contribution in [3.63, 3.8) is 0 Å². The van der Waals surface area contributed by atoms with Gasteiger partial charge in [-0.15, -0.1) is 0 Å². The number of hydrogen-bond donors (Lipinski definition) is 1. The quantitative estimate of drug-likeness (QED) is 0.491. The Morgan fingerprint density at radius 3 is 2.61 bits per heavy atom. The van der Waals surface area contributed by atoms with Gasteiger partial charge in [-0.25, -0.2) is 13.4 Å². The third-order valence-corrected chi connectivity index (χ3v) is 6.19. The Bertz CT molecular complexity index is 746. The van der Waals surface area contributed by atoms with Gasteiger partial charge >= 0.3 is 0 Å². The molecule has 1 fully saturated rings. The molecular weight excluding hydrogens is 382 g/mol. The minimum absolute atomic E-state index is 0.0136. The zero-order valence-electron chi connectivity index (χ0n) is 17.1. The molecule has 28 heavy (non-hydrogen) atoms. The first-order valence-corrected chi connectivity index (χ1v) is 11.0. The fourth-order valence-corrected chi connectivity index (χ4v) is 4.15. The van der Waals surface area contributed by atoms with Crippen molar-refractivity contribution in [3.8, 4) is 5.88 Å². The summed E-state index contributed by atoms with van der Waals surface area (Å²) in [5.74, 6) is 1.30. The van der Waals surface area contributed by atoms with Crippen molar-refractivity contribution in [2.45, 2.75) is 26.5 Å². The monoisotopic (exact) mass is 413 g/mol. The lowest BCUT2D eigenvalue weighted by Crippen LogP contribution is -2.54. The molecule has 0 amide bonds. The Hall–Kier alpha value is -1.91. The van der Waals surface area contributed by atoms with Gasteiger partial charge in [0.2, 0.25) is 15.9 Å². The molecule has 1 saturated heterocycles. The maximum Gasteiger partial charge on any atom is 0.216 e. The van der Waals surface area contributed by atoms with E-state index in [2.05, 4.69) is 20.2 Å². The van der Waals surface area contributed by atoms with Gasteiger partial charge in [0.1, 0.15) is 0 Å². The van der Waals surface area contributed by atoms with Crippen molar-refractivity contribution in [2.24, 2.45) is 4.99 Å². The topological polar surface area (TPSA) is 96.4 Å². The molecule has 10 heteroatoms. The number of sulfonamides is 1. The van der Waals surface area contributed by atoms with Crippen molar-refractivity contribution in [1.29, 1.82) is 0 Å². The molecule has 0 spiro atoms. The van der Waals surface area contributed by atoms with Crippen LogP contribution in [-0.4, -0.2) is 87.4 Å². The van der Waals surface area contributed by atoms with Crippen LogP contribution in [0.1, 0.15) is 19.5 Å². The zero-order valence-corrected chi connectivity index (χ0v) is 17.9. The average Bonchev–Trinajstić information content (AvgIpc) is 2.68. The van der Waals surface area contributed by atoms with E-state index in [1.165, 1.54) is 4.31 Å². The number of aliphatic imine (C=N–C) groups is 1. The molecule has 158 valence electrons. The van der Waals surface area contributed by atoms with Gasteiger partial charge < -0.3 is 19.7 Å². The van der Waals surface area contributed by atoms with Crippen molar-refractivity contribution >= 4 is 16.0 Å². The number of ether oxygens (including phenoxy) is 2. The number of piperazine rings is 1. The van der Waals surface area contributed by atoms with E-state index < -0.39 is 10.0 Å². The summed E-state index contributed by atoms with van der Waals surface area (Å²) in [4.78, 5) is 10.7. The highest BCUT2D eigenvalue weighted by Gasteiger charge is 2.28. The number of aromatic nitrogens is 1. The van der Waals surface area contributed by atoms with Gasteiger partial charge in [-0.3, -0.25) is 4.99 Å². The summed E-state index contributed by atoms with van der Waals surface area (Å²) in [7, 11) is -0.0000523. The second-order valence-electron chi connectivity index (χ2n) is 6.69. The molecule has 2 rings (SSSR count). The fraction of sp³-hybridized carbons (Fsp3) is 0.667. The number of nitrogens with one attached hydrogen (secondary N) is 1. The van der Waals surface area contributed by atoms with E-state index in [0.29, 0.717) is 38.6 Å². The van der Waals surface area contributed by atoms with Crippen LogP contribution in [0.3, 0.4) is 0 Å². The van der Waals surface area contributed by atoms with Gasteiger partial charge in [0, 0.05) is 39.3 Å². The van der Waals surface area contributed by atoms with E-state index in [-0.39, 0.29) is 18.5 Å². The standard InChI is InChI=1S/C18H31N5O4S/c1-15(2)27-12-13-28(24,25)23-10-8-22(9-11-23)18(19-3)20-14-16-6-5-7-17(21-16)26-4/h5-7,15H,8-14H2,1-4H3,(H,19,20). The second kappa shape index (κ2) is 10.6. The van der Waals surface area contributed by atoms with Gasteiger partial charge in [0.05, 0.1) is 37.8 Å². The predicted molar refractivity (Wildman–Crippen MR) is 109 cm³/mol. The number of guanidine groups is 1. The van der Waals surface area contributed by atoms with Gasteiger partial charge in [0.15, 0.2) is 5.96 Å². The molecule has 0 saturated carbocycles. The van der Waals surface area contributed by atoms with Crippen molar-refractivity contribution in [2.75, 3.05) is 52.7 Å². The molecule has 0 aliphatic carbocycles. The predicted octanol–water partition coefficient (Wildman–Crippen LogP) is 0.538. The number of rotatable bonds is 8. The minimum Gasteiger partial charge on any atom is -0.481 e. The Balaban J connectivity index is 1.84. The van der Waals surface area contributed by atoms with Crippen molar-refractivity contribution in [1.82, 2.24) is 19.5 Å². The van der Waals surface area contributed by atoms with Crippen molar-refractivity contribution in [3.05, 3.63) is 23.9 Å². The van der Waals surface area contributed by atoms with Crippen LogP contribution in [-0.2, 0) is 21.3 Å². The fourth-order valence-electron chi connectivity index (χ4n) is 2.87. The Morgan fingerprint density at radius 2 is 2.00 bits per heavy atom. The van der Waals surface area contributed by atoms with Crippen LogP contribution >= 0.6 is 0 Å². The first-order chi connectivity index (χ1) is 13.4. The van der Waals surface area contributed by atoms with Crippen LogP contribution < -0.4 is 10.1 Å². The summed E-state index contributed by atoms with van der Waals surface area (Å²) in [6.45, 7) is 6.54. The minimum atomic E-state index is -3.30. The lowest BCUT2D eigenvalue weighted by molar-refractivity contribution is 0.0904. The van der Waals surface area contributed by atoms with Gasteiger partial charge in [-0.2, -0.15) is 4.31 Å². The highest BCUT2D eigenvalue weighted by atomic mass is 32.2. The van der Waals surface area contributed by atoms with E-state index in [1.807, 2.05) is 26.0 Å². The molecule has 1 aliphatic rings. The molecule has 1 aromatic rings. The van der Waals surface area contributed by atoms with E-state index in [4.69, 9.17) is 9.47 Å². The highest BCUT2D eigenvalue weighted by Crippen LogP contribution is 2.10. The number of methoxy groups -OCH3 is 1. The summed E-state index contributed by atoms with van der Waals surface area (Å²) in [5, 5.41) is 3.28. The molecule has 0 bridgehead atoms. The van der Waals surface area contributed by atoms with Gasteiger partial charge in [-0.1, -0.05) is 6.07 Å². The third-order valence-electron chi connectivity index (χ3n) is 4.35. The van der Waals surface area contributed by atoms with E-state index in [9.17, 15) is 8.42 Å². The van der Waals surface area contributed by atoms with E-state index >= 15 is 0 Å². The molecule has 2 heterocycles. The molecule has 1 N–H and O–H groups in total. The number of pyridine rings is 1. The van der Waals surface area contributed by atoms with Gasteiger partial charge in [-0.05, 0) is 19.9 Å². The second-order valence-corrected chi connectivity index (χ2v) is 8.78. The maximum atomic E-state index is 12.4. The lowest BCUT2D eigenvalue weighted by Gasteiger charge is -2.35. The number of nitrogens with zero attached hydrogens (tertiary/aromatic N) is 4. The highest BCUT2D eigenvalue weighted by molar-refractivity contribution is 7.89. The third kappa shape index (κ3) is 6.61. The summed E-state index contributed by atoms with van der Waals surface area (Å²) in [6.07, 6.45) is 0.0283. The summed E-state index contributed by atoms with van der Waals surface area (Å²) in [6, 6.07) is 5.59. The van der Waals surface area contributed by atoms with E-state index in [1.54, 1.807) is 20.2 Å². The SMILES string of the molecule is CN=C(NCc1cccc(OC)n1)N1CCN(S(=O)(=O)CCOC(C)C)CC1. The average molecular weight is 414 g/mol. The van der Waals surface area contributed by atoms with Crippen LogP contribution in [0.5, 0.6) is 5.88 Å². The molecular formula is C18H31N5O4S. The van der Waals surface area contributed by atoms with Crippen LogP contribution in [0, 0.1) is 0 Å². The Morgan fingerprint density at radius 1 is 1.29 bits per heavy atom. The Labute approximate surface area is 167 Å². The summed E-state index contributed by atoms with van der Waals surface area (Å²) in [5.41, 5.74) is 0.840. The van der Waals surface area contributed by atoms with Crippen LogP contribution in [0.4, 0.5) is 0 Å². The molecule has 0 radical (unpaired) electrons. The normalized spacial score (nSPS) is 16.5. The molecule has 1 aliphatic heterocycles. The maximum absolute atomic E-state index is 12.4. The molecule has 1 aromatic heterocycles. The molecule has 0 aromatic carbocycles. The smallest absolute Gasteiger partial charge is 0.216 e.